The number of rotatable bonds is 5. The second-order valence-corrected chi connectivity index (χ2v) is 5.02. The van der Waals surface area contributed by atoms with Crippen molar-refractivity contribution in [3.05, 3.63) is 48.4 Å². The lowest BCUT2D eigenvalue weighted by Crippen LogP contribution is -2.17. The van der Waals surface area contributed by atoms with Gasteiger partial charge in [0.25, 0.3) is 5.91 Å². The summed E-state index contributed by atoms with van der Waals surface area (Å²) in [7, 11) is 0. The minimum Gasteiger partial charge on any atom is -0.475 e. The average molecular weight is 299 g/mol. The highest BCUT2D eigenvalue weighted by molar-refractivity contribution is 6.04. The molecule has 0 bridgehead atoms. The first kappa shape index (κ1) is 14.5. The first-order chi connectivity index (χ1) is 10.8. The van der Waals surface area contributed by atoms with E-state index in [0.717, 1.165) is 19.4 Å². The molecule has 0 unspecified atom stereocenters. The van der Waals surface area contributed by atoms with Gasteiger partial charge >= 0.3 is 0 Å². The Hall–Kier alpha value is -2.47. The highest BCUT2D eigenvalue weighted by Gasteiger charge is 2.16. The van der Waals surface area contributed by atoms with Gasteiger partial charge in [0.1, 0.15) is 6.61 Å². The van der Waals surface area contributed by atoms with Crippen molar-refractivity contribution in [2.75, 3.05) is 18.5 Å². The molecule has 0 aliphatic carbocycles. The Bertz CT molecular complexity index is 610. The molecule has 0 aromatic carbocycles. The van der Waals surface area contributed by atoms with Gasteiger partial charge in [0.2, 0.25) is 5.88 Å². The lowest BCUT2D eigenvalue weighted by atomic mass is 10.2. The van der Waals surface area contributed by atoms with Crippen LogP contribution in [-0.2, 0) is 4.74 Å². The summed E-state index contributed by atoms with van der Waals surface area (Å²) in [5.41, 5.74) is 1.17. The molecule has 1 saturated heterocycles. The predicted octanol–water partition coefficient (Wildman–Crippen LogP) is 2.29. The van der Waals surface area contributed by atoms with E-state index < -0.39 is 0 Å². The van der Waals surface area contributed by atoms with Crippen LogP contribution in [0.25, 0.3) is 0 Å². The summed E-state index contributed by atoms with van der Waals surface area (Å²) in [4.78, 5) is 20.1. The van der Waals surface area contributed by atoms with Gasteiger partial charge in [-0.3, -0.25) is 9.78 Å². The molecule has 3 heterocycles. The van der Waals surface area contributed by atoms with Gasteiger partial charge in [-0.05, 0) is 31.0 Å². The predicted molar refractivity (Wildman–Crippen MR) is 80.9 cm³/mol. The van der Waals surface area contributed by atoms with E-state index in [1.807, 2.05) is 0 Å². The summed E-state index contributed by atoms with van der Waals surface area (Å²) in [6.45, 7) is 1.30. The van der Waals surface area contributed by atoms with E-state index in [1.54, 1.807) is 36.7 Å². The molecule has 1 atom stereocenters. The van der Waals surface area contributed by atoms with E-state index in [2.05, 4.69) is 15.3 Å². The van der Waals surface area contributed by atoms with Gasteiger partial charge in [-0.2, -0.15) is 0 Å². The first-order valence-corrected chi connectivity index (χ1v) is 7.23. The number of anilines is 1. The molecule has 22 heavy (non-hydrogen) atoms. The van der Waals surface area contributed by atoms with E-state index in [4.69, 9.17) is 9.47 Å². The fraction of sp³-hybridized carbons (Fsp3) is 0.312. The number of nitrogens with zero attached hydrogens (tertiary/aromatic N) is 2. The van der Waals surface area contributed by atoms with E-state index in [0.29, 0.717) is 23.7 Å². The van der Waals surface area contributed by atoms with Crippen molar-refractivity contribution in [1.29, 1.82) is 0 Å². The van der Waals surface area contributed by atoms with Gasteiger partial charge in [-0.25, -0.2) is 4.98 Å². The van der Waals surface area contributed by atoms with Gasteiger partial charge in [0.15, 0.2) is 0 Å². The molecular weight excluding hydrogens is 282 g/mol. The number of amides is 1. The molecule has 2 aromatic heterocycles. The summed E-state index contributed by atoms with van der Waals surface area (Å²) in [6, 6.07) is 6.83. The number of hydrogen-bond donors (Lipinski definition) is 1. The van der Waals surface area contributed by atoms with Gasteiger partial charge < -0.3 is 14.8 Å². The zero-order valence-electron chi connectivity index (χ0n) is 12.1. The second-order valence-electron chi connectivity index (χ2n) is 5.02. The normalized spacial score (nSPS) is 17.2. The third kappa shape index (κ3) is 3.79. The van der Waals surface area contributed by atoms with E-state index in [9.17, 15) is 4.79 Å². The lowest BCUT2D eigenvalue weighted by molar-refractivity contribution is 0.0663. The van der Waals surface area contributed by atoms with Crippen LogP contribution in [0.2, 0.25) is 0 Å². The summed E-state index contributed by atoms with van der Waals surface area (Å²) in [5, 5.41) is 2.77. The van der Waals surface area contributed by atoms with Crippen molar-refractivity contribution < 1.29 is 14.3 Å². The van der Waals surface area contributed by atoms with Crippen molar-refractivity contribution in [3.63, 3.8) is 0 Å². The maximum atomic E-state index is 12.1. The van der Waals surface area contributed by atoms with Gasteiger partial charge in [0.05, 0.1) is 11.7 Å². The van der Waals surface area contributed by atoms with Gasteiger partial charge in [-0.1, -0.05) is 0 Å². The highest BCUT2D eigenvalue weighted by Crippen LogP contribution is 2.15. The lowest BCUT2D eigenvalue weighted by Gasteiger charge is -2.11. The first-order valence-electron chi connectivity index (χ1n) is 7.23. The molecule has 1 aliphatic rings. The van der Waals surface area contributed by atoms with Crippen molar-refractivity contribution in [2.24, 2.45) is 0 Å². The molecular formula is C16H17N3O3. The number of pyridine rings is 2. The monoisotopic (exact) mass is 299 g/mol. The van der Waals surface area contributed by atoms with Crippen molar-refractivity contribution in [2.45, 2.75) is 18.9 Å². The third-order valence-corrected chi connectivity index (χ3v) is 3.38. The molecule has 1 aliphatic heterocycles. The van der Waals surface area contributed by atoms with Crippen molar-refractivity contribution in [3.8, 4) is 5.88 Å². The number of ether oxygens (including phenoxy) is 2. The van der Waals surface area contributed by atoms with E-state index >= 15 is 0 Å². The van der Waals surface area contributed by atoms with Crippen LogP contribution in [0.5, 0.6) is 5.88 Å². The van der Waals surface area contributed by atoms with Crippen molar-refractivity contribution in [1.82, 2.24) is 9.97 Å². The van der Waals surface area contributed by atoms with Crippen LogP contribution < -0.4 is 10.1 Å². The van der Waals surface area contributed by atoms with Gasteiger partial charge in [0, 0.05) is 37.0 Å². The Morgan fingerprint density at radius 2 is 2.18 bits per heavy atom. The van der Waals surface area contributed by atoms with Crippen LogP contribution >= 0.6 is 0 Å². The van der Waals surface area contributed by atoms with E-state index in [1.165, 1.54) is 6.20 Å². The molecule has 0 spiro atoms. The Labute approximate surface area is 128 Å². The van der Waals surface area contributed by atoms with Crippen LogP contribution in [0.15, 0.2) is 42.9 Å². The molecule has 6 heteroatoms. The second kappa shape index (κ2) is 7.00. The van der Waals surface area contributed by atoms with Crippen molar-refractivity contribution >= 4 is 11.6 Å². The largest absolute Gasteiger partial charge is 0.475 e. The third-order valence-electron chi connectivity index (χ3n) is 3.38. The number of carbonyl (C=O) groups is 1. The molecule has 1 amide bonds. The fourth-order valence-corrected chi connectivity index (χ4v) is 2.19. The molecule has 1 fully saturated rings. The molecule has 3 rings (SSSR count). The zero-order valence-corrected chi connectivity index (χ0v) is 12.1. The molecule has 2 aromatic rings. The van der Waals surface area contributed by atoms with E-state index in [-0.39, 0.29) is 12.0 Å². The molecule has 6 nitrogen and oxygen atoms in total. The topological polar surface area (TPSA) is 73.3 Å². The Morgan fingerprint density at radius 1 is 1.32 bits per heavy atom. The zero-order chi connectivity index (χ0) is 15.2. The minimum atomic E-state index is -0.218. The smallest absolute Gasteiger partial charge is 0.257 e. The summed E-state index contributed by atoms with van der Waals surface area (Å²) < 4.78 is 11.0. The maximum absolute atomic E-state index is 12.1. The number of carbonyl (C=O) groups excluding carboxylic acids is 1. The fourth-order valence-electron chi connectivity index (χ4n) is 2.19. The minimum absolute atomic E-state index is 0.150. The van der Waals surface area contributed by atoms with Crippen LogP contribution in [0.3, 0.4) is 0 Å². The van der Waals surface area contributed by atoms with Crippen LogP contribution in [0.4, 0.5) is 5.69 Å². The number of hydrogen-bond acceptors (Lipinski definition) is 5. The van der Waals surface area contributed by atoms with Crippen LogP contribution in [0.1, 0.15) is 23.2 Å². The average Bonchev–Trinajstić information content (AvgIpc) is 3.08. The highest BCUT2D eigenvalue weighted by atomic mass is 16.5. The van der Waals surface area contributed by atoms with Gasteiger partial charge in [-0.15, -0.1) is 0 Å². The summed E-state index contributed by atoms with van der Waals surface area (Å²) in [5.74, 6) is 0.278. The Balaban J connectivity index is 1.55. The standard InChI is InChI=1S/C16H17N3O3/c20-16(19-13-5-7-17-8-6-13)12-3-4-15(18-10-12)22-11-14-2-1-9-21-14/h3-8,10,14H,1-2,9,11H2,(H,17,19,20)/t14-/m1/s1. The summed E-state index contributed by atoms with van der Waals surface area (Å²) in [6.07, 6.45) is 6.99. The summed E-state index contributed by atoms with van der Waals surface area (Å²) >= 11 is 0. The molecule has 0 radical (unpaired) electrons. The SMILES string of the molecule is O=C(Nc1ccncc1)c1ccc(OC[C@H]2CCCO2)nc1. The Kier molecular flexibility index (Phi) is 4.60. The number of aromatic nitrogens is 2. The quantitative estimate of drug-likeness (QED) is 0.917. The maximum Gasteiger partial charge on any atom is 0.257 e. The Morgan fingerprint density at radius 3 is 2.86 bits per heavy atom. The van der Waals surface area contributed by atoms with Crippen LogP contribution in [-0.4, -0.2) is 35.2 Å². The number of nitrogens with one attached hydrogen (secondary N) is 1. The van der Waals surface area contributed by atoms with Crippen LogP contribution in [0, 0.1) is 0 Å². The molecule has 0 saturated carbocycles. The molecule has 1 N–H and O–H groups in total. The molecule has 114 valence electrons.